The molecular formula is C19H30ClN3O. The summed E-state index contributed by atoms with van der Waals surface area (Å²) in [6.07, 6.45) is 2.90. The van der Waals surface area contributed by atoms with Gasteiger partial charge in [0.2, 0.25) is 0 Å². The summed E-state index contributed by atoms with van der Waals surface area (Å²) in [7, 11) is 0. The third-order valence-corrected chi connectivity index (χ3v) is 4.78. The molecule has 24 heavy (non-hydrogen) atoms. The summed E-state index contributed by atoms with van der Waals surface area (Å²) in [5, 5.41) is 6.94. The fourth-order valence-electron chi connectivity index (χ4n) is 3.28. The zero-order chi connectivity index (χ0) is 17.5. The molecule has 0 bridgehead atoms. The van der Waals surface area contributed by atoms with Crippen molar-refractivity contribution in [1.29, 1.82) is 0 Å². The maximum atomic E-state index is 12.3. The van der Waals surface area contributed by atoms with Crippen LogP contribution in [0.25, 0.3) is 0 Å². The molecule has 1 saturated heterocycles. The first-order valence-corrected chi connectivity index (χ1v) is 9.40. The molecule has 1 aromatic carbocycles. The summed E-state index contributed by atoms with van der Waals surface area (Å²) < 4.78 is 0. The number of urea groups is 1. The fraction of sp³-hybridized carbons (Fsp3) is 0.632. The van der Waals surface area contributed by atoms with Crippen LogP contribution >= 0.6 is 11.6 Å². The molecule has 0 saturated carbocycles. The van der Waals surface area contributed by atoms with Gasteiger partial charge in [-0.05, 0) is 42.9 Å². The van der Waals surface area contributed by atoms with E-state index in [0.29, 0.717) is 10.9 Å². The zero-order valence-corrected chi connectivity index (χ0v) is 15.8. The number of nitrogens with zero attached hydrogens (tertiary/aromatic N) is 1. The van der Waals surface area contributed by atoms with Crippen molar-refractivity contribution in [3.05, 3.63) is 34.9 Å². The highest BCUT2D eigenvalue weighted by Crippen LogP contribution is 2.19. The second-order valence-electron chi connectivity index (χ2n) is 7.10. The average molecular weight is 352 g/mol. The molecule has 2 N–H and O–H groups in total. The van der Waals surface area contributed by atoms with Gasteiger partial charge in [-0.2, -0.15) is 0 Å². The first-order chi connectivity index (χ1) is 11.5. The molecule has 0 aromatic heterocycles. The fourth-order valence-corrected chi connectivity index (χ4v) is 3.40. The lowest BCUT2D eigenvalue weighted by molar-refractivity contribution is 0.177. The molecule has 1 aromatic rings. The van der Waals surface area contributed by atoms with Crippen LogP contribution in [0, 0.1) is 5.92 Å². The van der Waals surface area contributed by atoms with Gasteiger partial charge in [-0.3, -0.25) is 0 Å². The van der Waals surface area contributed by atoms with E-state index >= 15 is 0 Å². The van der Waals surface area contributed by atoms with Gasteiger partial charge in [0.15, 0.2) is 0 Å². The predicted octanol–water partition coefficient (Wildman–Crippen LogP) is 4.21. The minimum absolute atomic E-state index is 0.0169. The highest BCUT2D eigenvalue weighted by atomic mass is 35.5. The van der Waals surface area contributed by atoms with Crippen molar-refractivity contribution in [2.45, 2.75) is 52.1 Å². The standard InChI is InChI=1S/C19H30ClN3O/c1-4-18(15-5-7-16(20)8-6-15)22-19(24)21-17-9-11-23(12-10-17)13-14(2)3/h5-8,14,17-18H,4,9-13H2,1-3H3,(H2,21,22,24)/t18-/m1/s1. The highest BCUT2D eigenvalue weighted by molar-refractivity contribution is 6.30. The van der Waals surface area contributed by atoms with Gasteiger partial charge in [-0.25, -0.2) is 4.79 Å². The molecule has 2 amide bonds. The summed E-state index contributed by atoms with van der Waals surface area (Å²) in [4.78, 5) is 14.8. The Morgan fingerprint density at radius 3 is 2.42 bits per heavy atom. The first kappa shape index (κ1) is 19.1. The summed E-state index contributed by atoms with van der Waals surface area (Å²) in [5.74, 6) is 0.697. The van der Waals surface area contributed by atoms with Gasteiger partial charge in [0.25, 0.3) is 0 Å². The van der Waals surface area contributed by atoms with Crippen LogP contribution < -0.4 is 10.6 Å². The number of hydrogen-bond donors (Lipinski definition) is 2. The molecule has 1 aliphatic heterocycles. The van der Waals surface area contributed by atoms with E-state index < -0.39 is 0 Å². The van der Waals surface area contributed by atoms with E-state index in [4.69, 9.17) is 11.6 Å². The number of carbonyl (C=O) groups is 1. The van der Waals surface area contributed by atoms with Crippen LogP contribution in [-0.4, -0.2) is 36.6 Å². The lowest BCUT2D eigenvalue weighted by Crippen LogP contribution is -2.48. The van der Waals surface area contributed by atoms with Crippen molar-refractivity contribution in [2.75, 3.05) is 19.6 Å². The monoisotopic (exact) mass is 351 g/mol. The Hall–Kier alpha value is -1.26. The predicted molar refractivity (Wildman–Crippen MR) is 100 cm³/mol. The third-order valence-electron chi connectivity index (χ3n) is 4.53. The number of carbonyl (C=O) groups excluding carboxylic acids is 1. The Morgan fingerprint density at radius 1 is 1.25 bits per heavy atom. The number of hydrogen-bond acceptors (Lipinski definition) is 2. The van der Waals surface area contributed by atoms with Crippen LogP contribution in [0.3, 0.4) is 0 Å². The van der Waals surface area contributed by atoms with Gasteiger partial charge in [0.1, 0.15) is 0 Å². The largest absolute Gasteiger partial charge is 0.335 e. The van der Waals surface area contributed by atoms with Crippen LogP contribution in [-0.2, 0) is 0 Å². The maximum absolute atomic E-state index is 12.3. The molecule has 0 aliphatic carbocycles. The Morgan fingerprint density at radius 2 is 1.88 bits per heavy atom. The smallest absolute Gasteiger partial charge is 0.315 e. The van der Waals surface area contributed by atoms with E-state index in [1.165, 1.54) is 0 Å². The lowest BCUT2D eigenvalue weighted by Gasteiger charge is -2.33. The molecule has 1 fully saturated rings. The van der Waals surface area contributed by atoms with Crippen molar-refractivity contribution in [1.82, 2.24) is 15.5 Å². The van der Waals surface area contributed by atoms with Crippen molar-refractivity contribution < 1.29 is 4.79 Å². The quantitative estimate of drug-likeness (QED) is 0.806. The van der Waals surface area contributed by atoms with Gasteiger partial charge >= 0.3 is 6.03 Å². The molecule has 1 heterocycles. The van der Waals surface area contributed by atoms with Crippen LogP contribution in [0.15, 0.2) is 24.3 Å². The van der Waals surface area contributed by atoms with Gasteiger partial charge in [0.05, 0.1) is 6.04 Å². The second kappa shape index (κ2) is 9.28. The number of benzene rings is 1. The topological polar surface area (TPSA) is 44.4 Å². The second-order valence-corrected chi connectivity index (χ2v) is 7.54. The minimum atomic E-state index is -0.0703. The summed E-state index contributed by atoms with van der Waals surface area (Å²) in [6.45, 7) is 9.85. The SMILES string of the molecule is CC[C@@H](NC(=O)NC1CCN(CC(C)C)CC1)c1ccc(Cl)cc1. The Labute approximate surface area is 150 Å². The third kappa shape index (κ3) is 5.99. The van der Waals surface area contributed by atoms with Gasteiger partial charge < -0.3 is 15.5 Å². The van der Waals surface area contributed by atoms with Crippen LogP contribution in [0.5, 0.6) is 0 Å². The number of halogens is 1. The number of rotatable bonds is 6. The van der Waals surface area contributed by atoms with E-state index in [2.05, 4.69) is 36.3 Å². The molecule has 0 spiro atoms. The van der Waals surface area contributed by atoms with Gasteiger partial charge in [-0.15, -0.1) is 0 Å². The Bertz CT molecular complexity index is 510. The summed E-state index contributed by atoms with van der Waals surface area (Å²) >= 11 is 5.93. The Balaban J connectivity index is 1.79. The molecule has 134 valence electrons. The van der Waals surface area contributed by atoms with Crippen LogP contribution in [0.1, 0.15) is 51.6 Å². The van der Waals surface area contributed by atoms with Crippen molar-refractivity contribution in [3.63, 3.8) is 0 Å². The van der Waals surface area contributed by atoms with Gasteiger partial charge in [0, 0.05) is 30.7 Å². The van der Waals surface area contributed by atoms with Crippen molar-refractivity contribution in [3.8, 4) is 0 Å². The number of likely N-dealkylation sites (tertiary alicyclic amines) is 1. The number of piperidine rings is 1. The molecule has 0 radical (unpaired) electrons. The molecule has 5 heteroatoms. The maximum Gasteiger partial charge on any atom is 0.315 e. The van der Waals surface area contributed by atoms with Crippen molar-refractivity contribution >= 4 is 17.6 Å². The molecule has 4 nitrogen and oxygen atoms in total. The van der Waals surface area contributed by atoms with E-state index in [1.54, 1.807) is 0 Å². The highest BCUT2D eigenvalue weighted by Gasteiger charge is 2.22. The average Bonchev–Trinajstić information content (AvgIpc) is 2.55. The zero-order valence-electron chi connectivity index (χ0n) is 15.0. The van der Waals surface area contributed by atoms with Crippen LogP contribution in [0.2, 0.25) is 5.02 Å². The molecule has 0 unspecified atom stereocenters. The number of nitrogens with one attached hydrogen (secondary N) is 2. The molecular weight excluding hydrogens is 322 g/mol. The van der Waals surface area contributed by atoms with E-state index in [1.807, 2.05) is 24.3 Å². The first-order valence-electron chi connectivity index (χ1n) is 9.02. The summed E-state index contributed by atoms with van der Waals surface area (Å²) in [5.41, 5.74) is 1.09. The van der Waals surface area contributed by atoms with Crippen molar-refractivity contribution in [2.24, 2.45) is 5.92 Å². The molecule has 2 rings (SSSR count). The summed E-state index contributed by atoms with van der Waals surface area (Å²) in [6, 6.07) is 7.90. The van der Waals surface area contributed by atoms with Gasteiger partial charge in [-0.1, -0.05) is 44.5 Å². The van der Waals surface area contributed by atoms with E-state index in [9.17, 15) is 4.79 Å². The molecule has 1 aliphatic rings. The lowest BCUT2D eigenvalue weighted by atomic mass is 10.0. The van der Waals surface area contributed by atoms with E-state index in [-0.39, 0.29) is 18.1 Å². The van der Waals surface area contributed by atoms with E-state index in [0.717, 1.165) is 44.5 Å². The molecule has 1 atom stereocenters. The number of amides is 2. The van der Waals surface area contributed by atoms with Crippen LogP contribution in [0.4, 0.5) is 4.79 Å². The Kier molecular flexibility index (Phi) is 7.38. The normalized spacial score (nSPS) is 17.7. The minimum Gasteiger partial charge on any atom is -0.335 e.